The number of aromatic carboxylic acids is 1. The molecule has 0 aliphatic rings. The summed E-state index contributed by atoms with van der Waals surface area (Å²) in [6.45, 7) is 5.57. The average molecular weight is 288 g/mol. The van der Waals surface area contributed by atoms with Gasteiger partial charge in [-0.3, -0.25) is 0 Å². The minimum absolute atomic E-state index is 0.259. The molecule has 0 unspecified atom stereocenters. The van der Waals surface area contributed by atoms with Gasteiger partial charge in [0, 0.05) is 5.75 Å². The number of hydrogen-bond acceptors (Lipinski definition) is 4. The van der Waals surface area contributed by atoms with Crippen LogP contribution < -0.4 is 0 Å². The molecule has 0 bridgehead atoms. The van der Waals surface area contributed by atoms with E-state index < -0.39 is 5.97 Å². The Hall–Kier alpha value is -1.88. The number of thioether (sulfide) groups is 1. The quantitative estimate of drug-likeness (QED) is 0.874. The number of rotatable bonds is 4. The van der Waals surface area contributed by atoms with E-state index in [1.807, 2.05) is 25.1 Å². The van der Waals surface area contributed by atoms with Crippen LogP contribution in [0.5, 0.6) is 0 Å². The van der Waals surface area contributed by atoms with E-state index in [0.717, 1.165) is 5.56 Å². The molecule has 0 fully saturated rings. The van der Waals surface area contributed by atoms with E-state index in [1.165, 1.54) is 17.3 Å². The first kappa shape index (κ1) is 14.5. The van der Waals surface area contributed by atoms with Crippen LogP contribution in [-0.4, -0.2) is 21.3 Å². The van der Waals surface area contributed by atoms with Crippen LogP contribution in [0.2, 0.25) is 0 Å². The second-order valence-corrected chi connectivity index (χ2v) is 5.64. The van der Waals surface area contributed by atoms with Gasteiger partial charge >= 0.3 is 5.97 Å². The number of carboxylic acid groups (broad SMARTS) is 1. The van der Waals surface area contributed by atoms with Crippen LogP contribution in [0, 0.1) is 20.8 Å². The van der Waals surface area contributed by atoms with Gasteiger partial charge in [-0.1, -0.05) is 41.6 Å². The van der Waals surface area contributed by atoms with Crippen LogP contribution in [0.1, 0.15) is 32.7 Å². The van der Waals surface area contributed by atoms with Crippen molar-refractivity contribution in [2.45, 2.75) is 31.6 Å². The molecule has 1 heterocycles. The van der Waals surface area contributed by atoms with Crippen LogP contribution in [0.25, 0.3) is 0 Å². The lowest BCUT2D eigenvalue weighted by Gasteiger charge is -2.09. The fourth-order valence-electron chi connectivity index (χ4n) is 1.89. The van der Waals surface area contributed by atoms with Gasteiger partial charge in [0.2, 0.25) is 0 Å². The van der Waals surface area contributed by atoms with E-state index in [4.69, 9.17) is 0 Å². The molecule has 0 aliphatic heterocycles. The summed E-state index contributed by atoms with van der Waals surface area (Å²) in [5.74, 6) is -0.272. The second-order valence-electron chi connectivity index (χ2n) is 4.67. The molecule has 1 aromatic carbocycles. The Kier molecular flexibility index (Phi) is 4.39. The van der Waals surface area contributed by atoms with Gasteiger partial charge in [0.05, 0.1) is 11.3 Å². The van der Waals surface area contributed by atoms with Crippen molar-refractivity contribution in [3.63, 3.8) is 0 Å². The lowest BCUT2D eigenvalue weighted by atomic mass is 10.1. The monoisotopic (exact) mass is 288 g/mol. The highest BCUT2D eigenvalue weighted by atomic mass is 32.2. The van der Waals surface area contributed by atoms with Crippen LogP contribution in [-0.2, 0) is 5.75 Å². The highest BCUT2D eigenvalue weighted by Crippen LogP contribution is 2.27. The zero-order valence-electron chi connectivity index (χ0n) is 11.7. The molecule has 0 radical (unpaired) electrons. The van der Waals surface area contributed by atoms with Crippen molar-refractivity contribution in [2.75, 3.05) is 0 Å². The number of benzene rings is 1. The van der Waals surface area contributed by atoms with E-state index in [0.29, 0.717) is 22.0 Å². The Morgan fingerprint density at radius 3 is 2.65 bits per heavy atom. The molecule has 0 amide bonds. The van der Waals surface area contributed by atoms with Crippen molar-refractivity contribution in [1.29, 1.82) is 0 Å². The fraction of sp³-hybridized carbons (Fsp3) is 0.267. The van der Waals surface area contributed by atoms with Gasteiger partial charge < -0.3 is 5.11 Å². The molecule has 0 spiro atoms. The first-order valence-electron chi connectivity index (χ1n) is 6.24. The highest BCUT2D eigenvalue weighted by molar-refractivity contribution is 7.98. The number of hydrogen-bond donors (Lipinski definition) is 1. The van der Waals surface area contributed by atoms with Crippen molar-refractivity contribution in [2.24, 2.45) is 0 Å². The summed E-state index contributed by atoms with van der Waals surface area (Å²) in [6, 6.07) is 8.14. The lowest BCUT2D eigenvalue weighted by molar-refractivity contribution is 0.0690. The fourth-order valence-corrected chi connectivity index (χ4v) is 2.86. The van der Waals surface area contributed by atoms with Gasteiger partial charge in [0.25, 0.3) is 0 Å². The molecule has 0 atom stereocenters. The maximum absolute atomic E-state index is 11.4. The third kappa shape index (κ3) is 3.17. The van der Waals surface area contributed by atoms with Crippen LogP contribution in [0.3, 0.4) is 0 Å². The molecule has 2 aromatic rings. The Labute approximate surface area is 122 Å². The summed E-state index contributed by atoms with van der Waals surface area (Å²) in [5, 5.41) is 17.9. The topological polar surface area (TPSA) is 63.1 Å². The van der Waals surface area contributed by atoms with Gasteiger partial charge in [-0.05, 0) is 31.9 Å². The summed E-state index contributed by atoms with van der Waals surface area (Å²) in [4.78, 5) is 11.4. The number of nitrogens with zero attached hydrogens (tertiary/aromatic N) is 2. The van der Waals surface area contributed by atoms with Gasteiger partial charge in [-0.25, -0.2) is 4.79 Å². The normalized spacial score (nSPS) is 10.6. The molecule has 104 valence electrons. The number of aryl methyl sites for hydroxylation is 2. The van der Waals surface area contributed by atoms with Crippen molar-refractivity contribution >= 4 is 17.7 Å². The summed E-state index contributed by atoms with van der Waals surface area (Å²) < 4.78 is 0. The lowest BCUT2D eigenvalue weighted by Crippen LogP contribution is -2.08. The zero-order chi connectivity index (χ0) is 14.7. The maximum atomic E-state index is 11.4. The van der Waals surface area contributed by atoms with Gasteiger partial charge in [-0.2, -0.15) is 5.10 Å². The van der Waals surface area contributed by atoms with E-state index in [1.54, 1.807) is 13.8 Å². The first-order valence-corrected chi connectivity index (χ1v) is 7.23. The molecule has 1 aromatic heterocycles. The Bertz CT molecular complexity index is 656. The van der Waals surface area contributed by atoms with Crippen molar-refractivity contribution in [3.8, 4) is 0 Å². The van der Waals surface area contributed by atoms with Crippen LogP contribution in [0.4, 0.5) is 0 Å². The largest absolute Gasteiger partial charge is 0.478 e. The van der Waals surface area contributed by atoms with Crippen molar-refractivity contribution in [1.82, 2.24) is 10.2 Å². The van der Waals surface area contributed by atoms with E-state index >= 15 is 0 Å². The maximum Gasteiger partial charge on any atom is 0.338 e. The third-order valence-electron chi connectivity index (χ3n) is 3.09. The third-order valence-corrected chi connectivity index (χ3v) is 4.13. The van der Waals surface area contributed by atoms with Crippen LogP contribution >= 0.6 is 11.8 Å². The Morgan fingerprint density at radius 1 is 1.25 bits per heavy atom. The molecular weight excluding hydrogens is 272 g/mol. The summed E-state index contributed by atoms with van der Waals surface area (Å²) in [6.07, 6.45) is 0. The molecule has 4 nitrogen and oxygen atoms in total. The van der Waals surface area contributed by atoms with E-state index in [-0.39, 0.29) is 5.56 Å². The van der Waals surface area contributed by atoms with E-state index in [9.17, 15) is 9.90 Å². The predicted octanol–water partition coefficient (Wildman–Crippen LogP) is 3.39. The minimum Gasteiger partial charge on any atom is -0.478 e. The smallest absolute Gasteiger partial charge is 0.338 e. The SMILES string of the molecule is Cc1cccc(CSc2nnc(C)c(C)c2C(=O)O)c1. The molecule has 0 saturated carbocycles. The molecule has 0 saturated heterocycles. The number of aromatic nitrogens is 2. The number of carboxylic acids is 1. The standard InChI is InChI=1S/C15H16N2O2S/c1-9-5-4-6-12(7-9)8-20-14-13(15(18)19)10(2)11(3)16-17-14/h4-7H,8H2,1-3H3,(H,18,19). The minimum atomic E-state index is -0.952. The molecular formula is C15H16N2O2S. The summed E-state index contributed by atoms with van der Waals surface area (Å²) in [7, 11) is 0. The van der Waals surface area contributed by atoms with Gasteiger partial charge in [0.1, 0.15) is 5.03 Å². The highest BCUT2D eigenvalue weighted by Gasteiger charge is 2.17. The van der Waals surface area contributed by atoms with Crippen molar-refractivity contribution in [3.05, 3.63) is 52.2 Å². The molecule has 0 aliphatic carbocycles. The number of carbonyl (C=O) groups is 1. The Morgan fingerprint density at radius 2 is 2.00 bits per heavy atom. The summed E-state index contributed by atoms with van der Waals surface area (Å²) >= 11 is 1.41. The average Bonchev–Trinajstić information content (AvgIpc) is 2.39. The van der Waals surface area contributed by atoms with E-state index in [2.05, 4.69) is 16.3 Å². The first-order chi connectivity index (χ1) is 9.49. The second kappa shape index (κ2) is 6.05. The van der Waals surface area contributed by atoms with Crippen LogP contribution in [0.15, 0.2) is 29.3 Å². The summed E-state index contributed by atoms with van der Waals surface area (Å²) in [5.41, 5.74) is 3.93. The van der Waals surface area contributed by atoms with Gasteiger partial charge in [0.15, 0.2) is 0 Å². The zero-order valence-corrected chi connectivity index (χ0v) is 12.5. The molecule has 5 heteroatoms. The molecule has 2 rings (SSSR count). The Balaban J connectivity index is 2.26. The van der Waals surface area contributed by atoms with Crippen molar-refractivity contribution < 1.29 is 9.90 Å². The molecule has 20 heavy (non-hydrogen) atoms. The predicted molar refractivity (Wildman–Crippen MR) is 79.2 cm³/mol. The van der Waals surface area contributed by atoms with Gasteiger partial charge in [-0.15, -0.1) is 5.10 Å². The molecule has 1 N–H and O–H groups in total.